The second-order valence-electron chi connectivity index (χ2n) is 9.13. The molecule has 2 fully saturated rings. The van der Waals surface area contributed by atoms with Crippen molar-refractivity contribution >= 4 is 40.1 Å². The highest BCUT2D eigenvalue weighted by Crippen LogP contribution is 2.32. The zero-order valence-corrected chi connectivity index (χ0v) is 20.6. The average Bonchev–Trinajstić information content (AvgIpc) is 3.56. The molecule has 184 valence electrons. The lowest BCUT2D eigenvalue weighted by atomic mass is 9.97. The molecule has 9 heteroatoms. The third kappa shape index (κ3) is 4.96. The molecule has 1 unspecified atom stereocenters. The molecule has 2 aromatic heterocycles. The maximum Gasteiger partial charge on any atom is 0.310 e. The Balaban J connectivity index is 1.18. The largest absolute Gasteiger partial charge is 0.466 e. The van der Waals surface area contributed by atoms with E-state index in [1.807, 2.05) is 34.5 Å². The molecule has 35 heavy (non-hydrogen) atoms. The number of fused-ring (bicyclic) bond motifs is 1. The standard InChI is InChI=1S/C26H29N3O5S/c1-2-33-26(32)19-7-5-11-29(15-19)24(30)20-16-35-23(27-20)17-9-12-28(13-10-17)25(31)22-14-18-6-3-4-8-21(18)34-22/h3-4,6,8,14,16-17,19H,2,5,7,9-13,15H2,1H3. The summed E-state index contributed by atoms with van der Waals surface area (Å²) in [5, 5.41) is 3.67. The number of rotatable bonds is 5. The zero-order chi connectivity index (χ0) is 24.4. The summed E-state index contributed by atoms with van der Waals surface area (Å²) >= 11 is 1.50. The molecular weight excluding hydrogens is 466 g/mol. The van der Waals surface area contributed by atoms with E-state index in [-0.39, 0.29) is 29.6 Å². The van der Waals surface area contributed by atoms with Crippen molar-refractivity contribution in [2.75, 3.05) is 32.8 Å². The lowest BCUT2D eigenvalue weighted by Crippen LogP contribution is -2.43. The molecule has 5 rings (SSSR count). The minimum Gasteiger partial charge on any atom is -0.466 e. The molecule has 0 radical (unpaired) electrons. The summed E-state index contributed by atoms with van der Waals surface area (Å²) in [7, 11) is 0. The van der Waals surface area contributed by atoms with E-state index in [9.17, 15) is 14.4 Å². The Morgan fingerprint density at radius 2 is 1.89 bits per heavy atom. The van der Waals surface area contributed by atoms with Crippen molar-refractivity contribution in [3.05, 3.63) is 52.2 Å². The Morgan fingerprint density at radius 3 is 2.66 bits per heavy atom. The summed E-state index contributed by atoms with van der Waals surface area (Å²) in [6.07, 6.45) is 3.11. The number of furan rings is 1. The van der Waals surface area contributed by atoms with Gasteiger partial charge in [0.2, 0.25) is 0 Å². The van der Waals surface area contributed by atoms with Crippen molar-refractivity contribution in [2.45, 2.75) is 38.5 Å². The van der Waals surface area contributed by atoms with Gasteiger partial charge < -0.3 is 19.0 Å². The van der Waals surface area contributed by atoms with E-state index in [1.54, 1.807) is 17.9 Å². The van der Waals surface area contributed by atoms with Gasteiger partial charge in [0.15, 0.2) is 5.76 Å². The number of amides is 2. The first kappa shape index (κ1) is 23.5. The number of carbonyl (C=O) groups is 3. The second kappa shape index (κ2) is 10.2. The summed E-state index contributed by atoms with van der Waals surface area (Å²) in [6, 6.07) is 9.41. The lowest BCUT2D eigenvalue weighted by molar-refractivity contribution is -0.149. The van der Waals surface area contributed by atoms with Gasteiger partial charge in [-0.25, -0.2) is 4.98 Å². The van der Waals surface area contributed by atoms with Crippen molar-refractivity contribution < 1.29 is 23.5 Å². The molecule has 2 saturated heterocycles. The van der Waals surface area contributed by atoms with Crippen LogP contribution in [0.4, 0.5) is 0 Å². The zero-order valence-electron chi connectivity index (χ0n) is 19.8. The van der Waals surface area contributed by atoms with Crippen LogP contribution in [-0.4, -0.2) is 65.4 Å². The second-order valence-corrected chi connectivity index (χ2v) is 10.0. The summed E-state index contributed by atoms with van der Waals surface area (Å²) in [6.45, 7) is 4.39. The topological polar surface area (TPSA) is 93.0 Å². The van der Waals surface area contributed by atoms with Crippen LogP contribution < -0.4 is 0 Å². The van der Waals surface area contributed by atoms with Crippen LogP contribution in [0.5, 0.6) is 0 Å². The summed E-state index contributed by atoms with van der Waals surface area (Å²) in [5.74, 6) is -0.119. The highest BCUT2D eigenvalue weighted by atomic mass is 32.1. The van der Waals surface area contributed by atoms with Gasteiger partial charge in [0, 0.05) is 42.9 Å². The number of piperidine rings is 2. The SMILES string of the molecule is CCOC(=O)C1CCCN(C(=O)c2csc(C3CCN(C(=O)c4cc5ccccc5o4)CC3)n2)C1. The smallest absolute Gasteiger partial charge is 0.310 e. The number of carbonyl (C=O) groups excluding carboxylic acids is 3. The quantitative estimate of drug-likeness (QED) is 0.490. The Hall–Kier alpha value is -3.20. The Kier molecular flexibility index (Phi) is 6.86. The Morgan fingerprint density at radius 1 is 1.09 bits per heavy atom. The molecule has 4 heterocycles. The monoisotopic (exact) mass is 495 g/mol. The van der Waals surface area contributed by atoms with Crippen LogP contribution in [0.2, 0.25) is 0 Å². The van der Waals surface area contributed by atoms with Crippen molar-refractivity contribution in [3.8, 4) is 0 Å². The van der Waals surface area contributed by atoms with Crippen LogP contribution in [0.1, 0.15) is 64.6 Å². The van der Waals surface area contributed by atoms with E-state index in [1.165, 1.54) is 11.3 Å². The molecular formula is C26H29N3O5S. The first-order valence-corrected chi connectivity index (χ1v) is 13.1. The van der Waals surface area contributed by atoms with Crippen molar-refractivity contribution in [2.24, 2.45) is 5.92 Å². The van der Waals surface area contributed by atoms with Gasteiger partial charge in [0.05, 0.1) is 17.5 Å². The average molecular weight is 496 g/mol. The fourth-order valence-corrected chi connectivity index (χ4v) is 5.89. The van der Waals surface area contributed by atoms with E-state index in [0.717, 1.165) is 36.1 Å². The number of nitrogens with zero attached hydrogens (tertiary/aromatic N) is 3. The summed E-state index contributed by atoms with van der Waals surface area (Å²) < 4.78 is 10.9. The molecule has 0 spiro atoms. The van der Waals surface area contributed by atoms with Crippen LogP contribution in [0, 0.1) is 5.92 Å². The van der Waals surface area contributed by atoms with E-state index in [0.29, 0.717) is 49.8 Å². The predicted molar refractivity (Wildman–Crippen MR) is 131 cm³/mol. The van der Waals surface area contributed by atoms with Gasteiger partial charge in [-0.15, -0.1) is 11.3 Å². The number of likely N-dealkylation sites (tertiary alicyclic amines) is 2. The number of hydrogen-bond acceptors (Lipinski definition) is 7. The number of hydrogen-bond donors (Lipinski definition) is 0. The third-order valence-electron chi connectivity index (χ3n) is 6.84. The number of para-hydroxylation sites is 1. The van der Waals surface area contributed by atoms with Gasteiger partial charge in [-0.05, 0) is 44.7 Å². The van der Waals surface area contributed by atoms with Crippen LogP contribution in [0.3, 0.4) is 0 Å². The minimum atomic E-state index is -0.264. The van der Waals surface area contributed by atoms with Crippen molar-refractivity contribution in [1.82, 2.24) is 14.8 Å². The van der Waals surface area contributed by atoms with Crippen LogP contribution in [-0.2, 0) is 9.53 Å². The Labute approximate surface area is 207 Å². The molecule has 3 aromatic rings. The van der Waals surface area contributed by atoms with Crippen LogP contribution >= 0.6 is 11.3 Å². The first-order chi connectivity index (χ1) is 17.0. The fraction of sp³-hybridized carbons (Fsp3) is 0.462. The molecule has 0 aliphatic carbocycles. The Bertz CT molecular complexity index is 1190. The molecule has 0 bridgehead atoms. The number of ether oxygens (including phenoxy) is 1. The van der Waals surface area contributed by atoms with Crippen molar-refractivity contribution in [3.63, 3.8) is 0 Å². The molecule has 0 N–H and O–H groups in total. The van der Waals surface area contributed by atoms with E-state index in [2.05, 4.69) is 4.98 Å². The molecule has 8 nitrogen and oxygen atoms in total. The van der Waals surface area contributed by atoms with Gasteiger partial charge in [-0.3, -0.25) is 14.4 Å². The molecule has 2 aliphatic rings. The normalized spacial score (nSPS) is 19.2. The predicted octanol–water partition coefficient (Wildman–Crippen LogP) is 4.32. The number of esters is 1. The number of benzene rings is 1. The molecule has 1 atom stereocenters. The van der Waals surface area contributed by atoms with Gasteiger partial charge >= 0.3 is 5.97 Å². The fourth-order valence-electron chi connectivity index (χ4n) is 4.92. The third-order valence-corrected chi connectivity index (χ3v) is 7.84. The minimum absolute atomic E-state index is 0.0871. The molecule has 2 aliphatic heterocycles. The maximum absolute atomic E-state index is 13.0. The summed E-state index contributed by atoms with van der Waals surface area (Å²) in [5.41, 5.74) is 1.16. The number of thiazole rings is 1. The van der Waals surface area contributed by atoms with E-state index < -0.39 is 0 Å². The highest BCUT2D eigenvalue weighted by Gasteiger charge is 2.32. The number of aromatic nitrogens is 1. The summed E-state index contributed by atoms with van der Waals surface area (Å²) in [4.78, 5) is 46.3. The molecule has 0 saturated carbocycles. The van der Waals surface area contributed by atoms with Gasteiger partial charge in [-0.2, -0.15) is 0 Å². The van der Waals surface area contributed by atoms with Gasteiger partial charge in [-0.1, -0.05) is 18.2 Å². The maximum atomic E-state index is 13.0. The van der Waals surface area contributed by atoms with E-state index in [4.69, 9.17) is 9.15 Å². The van der Waals surface area contributed by atoms with Gasteiger partial charge in [0.25, 0.3) is 11.8 Å². The van der Waals surface area contributed by atoms with Crippen molar-refractivity contribution in [1.29, 1.82) is 0 Å². The lowest BCUT2D eigenvalue weighted by Gasteiger charge is -2.31. The highest BCUT2D eigenvalue weighted by molar-refractivity contribution is 7.09. The van der Waals surface area contributed by atoms with E-state index >= 15 is 0 Å². The molecule has 2 amide bonds. The van der Waals surface area contributed by atoms with Gasteiger partial charge in [0.1, 0.15) is 11.3 Å². The van der Waals surface area contributed by atoms with Crippen LogP contribution in [0.25, 0.3) is 11.0 Å². The van der Waals surface area contributed by atoms with Crippen LogP contribution in [0.15, 0.2) is 40.1 Å². The first-order valence-electron chi connectivity index (χ1n) is 12.2. The molecule has 1 aromatic carbocycles.